The van der Waals surface area contributed by atoms with E-state index >= 15 is 0 Å². The van der Waals surface area contributed by atoms with Crippen LogP contribution in [-0.4, -0.2) is 23.1 Å². The molecule has 0 aliphatic rings. The van der Waals surface area contributed by atoms with E-state index in [1.54, 1.807) is 0 Å². The van der Waals surface area contributed by atoms with Gasteiger partial charge in [-0.25, -0.2) is 0 Å². The average molecular weight is 342 g/mol. The van der Waals surface area contributed by atoms with Gasteiger partial charge >= 0.3 is 0 Å². The second kappa shape index (κ2) is 8.75. The van der Waals surface area contributed by atoms with Gasteiger partial charge in [0.1, 0.15) is 5.75 Å². The van der Waals surface area contributed by atoms with Gasteiger partial charge in [0.05, 0.1) is 0 Å². The fraction of sp³-hybridized carbons (Fsp3) is 0.476. The fourth-order valence-corrected chi connectivity index (χ4v) is 2.90. The van der Waals surface area contributed by atoms with Crippen molar-refractivity contribution in [2.75, 3.05) is 6.61 Å². The predicted octanol–water partition coefficient (Wildman–Crippen LogP) is 3.97. The van der Waals surface area contributed by atoms with Crippen molar-refractivity contribution < 1.29 is 9.53 Å². The van der Waals surface area contributed by atoms with E-state index in [0.717, 1.165) is 29.7 Å². The zero-order valence-corrected chi connectivity index (χ0v) is 16.0. The summed E-state index contributed by atoms with van der Waals surface area (Å²) in [6.45, 7) is 8.37. The lowest BCUT2D eigenvalue weighted by Gasteiger charge is -2.17. The molecule has 0 aliphatic heterocycles. The summed E-state index contributed by atoms with van der Waals surface area (Å²) in [7, 11) is 2.04. The van der Waals surface area contributed by atoms with Gasteiger partial charge in [0.25, 0.3) is 5.91 Å². The van der Waals surface area contributed by atoms with E-state index in [4.69, 9.17) is 4.74 Å². The van der Waals surface area contributed by atoms with Crippen LogP contribution in [0.5, 0.6) is 5.75 Å². The van der Waals surface area contributed by atoms with Gasteiger partial charge in [-0.15, -0.1) is 0 Å². The third kappa shape index (κ3) is 5.66. The molecule has 0 bridgehead atoms. The topological polar surface area (TPSA) is 43.3 Å². The van der Waals surface area contributed by atoms with Gasteiger partial charge < -0.3 is 14.6 Å². The highest BCUT2D eigenvalue weighted by molar-refractivity contribution is 5.77. The number of aryl methyl sites for hydroxylation is 3. The number of carbonyl (C=O) groups excluding carboxylic acids is 1. The maximum absolute atomic E-state index is 12.2. The monoisotopic (exact) mass is 342 g/mol. The normalized spacial score (nSPS) is 12.2. The third-order valence-electron chi connectivity index (χ3n) is 4.44. The molecule has 4 heteroatoms. The van der Waals surface area contributed by atoms with E-state index in [2.05, 4.69) is 41.9 Å². The SMILES string of the molecule is Cc1ccc(C(C)C)c(OCC(=O)N[C@@H](C)CCc2cccn2C)c1. The highest BCUT2D eigenvalue weighted by atomic mass is 16.5. The molecule has 25 heavy (non-hydrogen) atoms. The maximum Gasteiger partial charge on any atom is 0.258 e. The summed E-state index contributed by atoms with van der Waals surface area (Å²) in [6.07, 6.45) is 3.90. The second-order valence-electron chi connectivity index (χ2n) is 7.10. The molecule has 1 aromatic heterocycles. The Balaban J connectivity index is 1.82. The first kappa shape index (κ1) is 19.1. The van der Waals surface area contributed by atoms with Crippen LogP contribution in [0.3, 0.4) is 0 Å². The minimum Gasteiger partial charge on any atom is -0.483 e. The average Bonchev–Trinajstić information content (AvgIpc) is 2.96. The Bertz CT molecular complexity index is 704. The number of nitrogens with one attached hydrogen (secondary N) is 1. The zero-order valence-electron chi connectivity index (χ0n) is 16.0. The summed E-state index contributed by atoms with van der Waals surface area (Å²) < 4.78 is 7.91. The molecule has 4 nitrogen and oxygen atoms in total. The molecule has 0 saturated heterocycles. The maximum atomic E-state index is 12.2. The molecule has 2 aromatic rings. The number of rotatable bonds is 8. The van der Waals surface area contributed by atoms with Crippen molar-refractivity contribution in [1.29, 1.82) is 0 Å². The highest BCUT2D eigenvalue weighted by Gasteiger charge is 2.12. The molecule has 136 valence electrons. The second-order valence-corrected chi connectivity index (χ2v) is 7.10. The quantitative estimate of drug-likeness (QED) is 0.789. The summed E-state index contributed by atoms with van der Waals surface area (Å²) in [5, 5.41) is 3.02. The zero-order chi connectivity index (χ0) is 18.4. The molecule has 0 radical (unpaired) electrons. The molecule has 1 atom stereocenters. The van der Waals surface area contributed by atoms with E-state index in [9.17, 15) is 4.79 Å². The van der Waals surface area contributed by atoms with Crippen molar-refractivity contribution in [3.8, 4) is 5.75 Å². The molecule has 1 heterocycles. The van der Waals surface area contributed by atoms with Gasteiger partial charge in [-0.2, -0.15) is 0 Å². The Labute approximate surface area is 151 Å². The largest absolute Gasteiger partial charge is 0.483 e. The van der Waals surface area contributed by atoms with Crippen LogP contribution in [0, 0.1) is 6.92 Å². The molecule has 0 fully saturated rings. The number of hydrogen-bond acceptors (Lipinski definition) is 2. The first-order chi connectivity index (χ1) is 11.9. The molecular weight excluding hydrogens is 312 g/mol. The predicted molar refractivity (Wildman–Crippen MR) is 102 cm³/mol. The van der Waals surface area contributed by atoms with Gasteiger partial charge in [0, 0.05) is 25.0 Å². The lowest BCUT2D eigenvalue weighted by atomic mass is 10.0. The van der Waals surface area contributed by atoms with Crippen LogP contribution in [0.2, 0.25) is 0 Å². The van der Waals surface area contributed by atoms with Crippen LogP contribution in [0.25, 0.3) is 0 Å². The number of aromatic nitrogens is 1. The first-order valence-corrected chi connectivity index (χ1v) is 8.99. The molecular formula is C21H30N2O2. The van der Waals surface area contributed by atoms with Gasteiger partial charge in [-0.3, -0.25) is 4.79 Å². The molecule has 2 rings (SSSR count). The number of carbonyl (C=O) groups is 1. The lowest BCUT2D eigenvalue weighted by Crippen LogP contribution is -2.36. The van der Waals surface area contributed by atoms with Crippen LogP contribution in [-0.2, 0) is 18.3 Å². The third-order valence-corrected chi connectivity index (χ3v) is 4.44. The van der Waals surface area contributed by atoms with Crippen molar-refractivity contribution >= 4 is 5.91 Å². The number of hydrogen-bond donors (Lipinski definition) is 1. The van der Waals surface area contributed by atoms with Crippen LogP contribution in [0.15, 0.2) is 36.5 Å². The van der Waals surface area contributed by atoms with Crippen molar-refractivity contribution in [2.45, 2.75) is 52.5 Å². The molecule has 1 N–H and O–H groups in total. The van der Waals surface area contributed by atoms with Gasteiger partial charge in [0.2, 0.25) is 0 Å². The molecule has 0 unspecified atom stereocenters. The van der Waals surface area contributed by atoms with Crippen LogP contribution in [0.4, 0.5) is 0 Å². The summed E-state index contributed by atoms with van der Waals surface area (Å²) in [5.41, 5.74) is 3.55. The lowest BCUT2D eigenvalue weighted by molar-refractivity contribution is -0.123. The summed E-state index contributed by atoms with van der Waals surface area (Å²) >= 11 is 0. The van der Waals surface area contributed by atoms with Gasteiger partial charge in [0.15, 0.2) is 6.61 Å². The van der Waals surface area contributed by atoms with E-state index < -0.39 is 0 Å². The Kier molecular flexibility index (Phi) is 6.68. The highest BCUT2D eigenvalue weighted by Crippen LogP contribution is 2.27. The summed E-state index contributed by atoms with van der Waals surface area (Å²) in [4.78, 5) is 12.2. The van der Waals surface area contributed by atoms with Crippen LogP contribution in [0.1, 0.15) is 49.9 Å². The van der Waals surface area contributed by atoms with Crippen molar-refractivity contribution in [2.24, 2.45) is 7.05 Å². The molecule has 1 amide bonds. The summed E-state index contributed by atoms with van der Waals surface area (Å²) in [5.74, 6) is 1.10. The van der Waals surface area contributed by atoms with Crippen molar-refractivity contribution in [1.82, 2.24) is 9.88 Å². The molecule has 1 aromatic carbocycles. The molecule has 0 saturated carbocycles. The Hall–Kier alpha value is -2.23. The minimum absolute atomic E-state index is 0.0532. The number of amides is 1. The van der Waals surface area contributed by atoms with Crippen molar-refractivity contribution in [3.63, 3.8) is 0 Å². The van der Waals surface area contributed by atoms with Crippen LogP contribution >= 0.6 is 0 Å². The van der Waals surface area contributed by atoms with Crippen molar-refractivity contribution in [3.05, 3.63) is 53.3 Å². The number of benzene rings is 1. The summed E-state index contributed by atoms with van der Waals surface area (Å²) in [6, 6.07) is 10.4. The Morgan fingerprint density at radius 2 is 2.00 bits per heavy atom. The van der Waals surface area contributed by atoms with E-state index in [1.165, 1.54) is 5.69 Å². The number of ether oxygens (including phenoxy) is 1. The fourth-order valence-electron chi connectivity index (χ4n) is 2.90. The van der Waals surface area contributed by atoms with Gasteiger partial charge in [-0.1, -0.05) is 26.0 Å². The smallest absolute Gasteiger partial charge is 0.258 e. The standard InChI is InChI=1S/C21H30N2O2/c1-15(2)19-11-8-16(3)13-20(19)25-14-21(24)22-17(4)9-10-18-7-6-12-23(18)5/h6-8,11-13,15,17H,9-10,14H2,1-5H3,(H,22,24)/t17-/m0/s1. The van der Waals surface area contributed by atoms with Gasteiger partial charge in [-0.05, 0) is 61.9 Å². The van der Waals surface area contributed by atoms with E-state index in [1.807, 2.05) is 39.2 Å². The Morgan fingerprint density at radius 3 is 2.64 bits per heavy atom. The van der Waals surface area contributed by atoms with Crippen LogP contribution < -0.4 is 10.1 Å². The minimum atomic E-state index is -0.0735. The molecule has 0 spiro atoms. The molecule has 0 aliphatic carbocycles. The van der Waals surface area contributed by atoms with E-state index in [-0.39, 0.29) is 18.6 Å². The number of nitrogens with zero attached hydrogens (tertiary/aromatic N) is 1. The Morgan fingerprint density at radius 1 is 1.24 bits per heavy atom. The van der Waals surface area contributed by atoms with E-state index in [0.29, 0.717) is 5.92 Å². The first-order valence-electron chi connectivity index (χ1n) is 8.99.